The van der Waals surface area contributed by atoms with Crippen LogP contribution in [0.1, 0.15) is 6.92 Å². The van der Waals surface area contributed by atoms with Crippen LogP contribution >= 0.6 is 0 Å². The van der Waals surface area contributed by atoms with Gasteiger partial charge in [-0.3, -0.25) is 4.79 Å². The highest BCUT2D eigenvalue weighted by molar-refractivity contribution is 5.96. The van der Waals surface area contributed by atoms with Gasteiger partial charge in [0.2, 0.25) is 5.91 Å². The van der Waals surface area contributed by atoms with Crippen LogP contribution in [-0.2, 0) is 9.53 Å². The molecule has 0 spiro atoms. The maximum Gasteiger partial charge on any atom is 0.393 e. The van der Waals surface area contributed by atoms with Crippen molar-refractivity contribution in [3.05, 3.63) is 37.1 Å². The maximum atomic E-state index is 11.5. The number of carbonyl (C=O) groups excluding carboxylic acids is 2. The van der Waals surface area contributed by atoms with E-state index in [1.54, 1.807) is 37.3 Å². The number of para-hydroxylation sites is 1. The normalized spacial score (nSPS) is 19.9. The summed E-state index contributed by atoms with van der Waals surface area (Å²) in [5, 5.41) is 0. The van der Waals surface area contributed by atoms with E-state index in [0.717, 1.165) is 11.6 Å². The summed E-state index contributed by atoms with van der Waals surface area (Å²) in [6, 6.07) is 8.52. The third-order valence-electron chi connectivity index (χ3n) is 2.10. The molecule has 1 aromatic rings. The monoisotopic (exact) mass is 220 g/mol. The molecule has 0 N–H and O–H groups in total. The number of ether oxygens (including phenoxy) is 2. The molecule has 0 saturated carbocycles. The highest BCUT2D eigenvalue weighted by Crippen LogP contribution is 2.17. The second-order valence-corrected chi connectivity index (χ2v) is 3.27. The molecule has 1 atom stereocenters. The topological polar surface area (TPSA) is 55.8 Å². The highest BCUT2D eigenvalue weighted by Gasteiger charge is 2.26. The predicted octanol–water partition coefficient (Wildman–Crippen LogP) is 1.55. The Morgan fingerprint density at radius 1 is 1.44 bits per heavy atom. The predicted molar refractivity (Wildman–Crippen MR) is 54.2 cm³/mol. The van der Waals surface area contributed by atoms with E-state index in [4.69, 9.17) is 9.47 Å². The molecule has 1 saturated heterocycles. The van der Waals surface area contributed by atoms with Crippen molar-refractivity contribution in [1.82, 2.24) is 4.90 Å². The van der Waals surface area contributed by atoms with E-state index in [9.17, 15) is 9.59 Å². The van der Waals surface area contributed by atoms with E-state index in [1.807, 2.05) is 0 Å². The lowest BCUT2D eigenvalue weighted by atomic mass is 10.3. The Kier molecular flexibility index (Phi) is 2.87. The Hall–Kier alpha value is -1.88. The molecule has 0 aliphatic carbocycles. The number of hydrogen-bond donors (Lipinski definition) is 0. The van der Waals surface area contributed by atoms with Gasteiger partial charge in [-0.2, -0.15) is 0 Å². The van der Waals surface area contributed by atoms with Crippen LogP contribution in [0.25, 0.3) is 0 Å². The van der Waals surface area contributed by atoms with Gasteiger partial charge in [0, 0.05) is 0 Å². The molecule has 1 fully saturated rings. The summed E-state index contributed by atoms with van der Waals surface area (Å²) in [6.07, 6.45) is -1.40. The van der Waals surface area contributed by atoms with Crippen LogP contribution in [0.15, 0.2) is 30.3 Å². The van der Waals surface area contributed by atoms with Crippen LogP contribution in [0.3, 0.4) is 0 Å². The van der Waals surface area contributed by atoms with Crippen molar-refractivity contribution in [2.45, 2.75) is 13.0 Å². The van der Waals surface area contributed by atoms with Crippen LogP contribution in [0, 0.1) is 6.73 Å². The Morgan fingerprint density at radius 3 is 2.69 bits per heavy atom. The third kappa shape index (κ3) is 2.04. The summed E-state index contributed by atoms with van der Waals surface area (Å²) >= 11 is 0. The number of nitrogens with zero attached hydrogens (tertiary/aromatic N) is 1. The minimum absolute atomic E-state index is 0.383. The molecule has 0 bridgehead atoms. The first-order valence-electron chi connectivity index (χ1n) is 4.77. The smallest absolute Gasteiger partial charge is 0.393 e. The van der Waals surface area contributed by atoms with Gasteiger partial charge in [0.1, 0.15) is 11.9 Å². The molecule has 0 radical (unpaired) electrons. The summed E-state index contributed by atoms with van der Waals surface area (Å²) in [4.78, 5) is 23.8. The second-order valence-electron chi connectivity index (χ2n) is 3.27. The van der Waals surface area contributed by atoms with Crippen LogP contribution in [0.2, 0.25) is 0 Å². The van der Waals surface area contributed by atoms with Crippen LogP contribution in [0.5, 0.6) is 5.75 Å². The molecule has 1 unspecified atom stereocenters. The van der Waals surface area contributed by atoms with Crippen LogP contribution in [-0.4, -0.2) is 23.0 Å². The summed E-state index contributed by atoms with van der Waals surface area (Å²) in [7, 11) is 0. The average molecular weight is 220 g/mol. The van der Waals surface area contributed by atoms with Crippen LogP contribution in [0.4, 0.5) is 4.79 Å². The molecule has 84 valence electrons. The first kappa shape index (κ1) is 10.6. The molecular weight excluding hydrogens is 210 g/mol. The van der Waals surface area contributed by atoms with E-state index in [1.165, 1.54) is 0 Å². The second kappa shape index (κ2) is 4.32. The SMILES string of the molecule is CC1O[CH-]N(C(=O)Oc2ccccc2)C1=O. The molecular formula is C11H10NO4-. The van der Waals surface area contributed by atoms with Gasteiger partial charge in [0.25, 0.3) is 0 Å². The van der Waals surface area contributed by atoms with E-state index in [-0.39, 0.29) is 0 Å². The molecule has 2 amide bonds. The molecule has 5 nitrogen and oxygen atoms in total. The number of imide groups is 1. The first-order valence-corrected chi connectivity index (χ1v) is 4.77. The number of benzene rings is 1. The molecule has 16 heavy (non-hydrogen) atoms. The molecule has 1 aromatic carbocycles. The lowest BCUT2D eigenvalue weighted by molar-refractivity contribution is -0.127. The van der Waals surface area contributed by atoms with Gasteiger partial charge in [-0.15, -0.1) is 6.73 Å². The van der Waals surface area contributed by atoms with Gasteiger partial charge in [-0.1, -0.05) is 18.2 Å². The fourth-order valence-electron chi connectivity index (χ4n) is 1.23. The van der Waals surface area contributed by atoms with Crippen molar-refractivity contribution in [2.24, 2.45) is 0 Å². The Balaban J connectivity index is 2.02. The molecule has 2 rings (SSSR count). The van der Waals surface area contributed by atoms with E-state index in [0.29, 0.717) is 5.75 Å². The van der Waals surface area contributed by atoms with Crippen molar-refractivity contribution in [3.8, 4) is 5.75 Å². The summed E-state index contributed by atoms with van der Waals surface area (Å²) in [5.74, 6) is -0.0471. The van der Waals surface area contributed by atoms with Crippen molar-refractivity contribution in [3.63, 3.8) is 0 Å². The first-order chi connectivity index (χ1) is 7.68. The number of hydrogen-bond acceptors (Lipinski definition) is 4. The zero-order valence-electron chi connectivity index (χ0n) is 8.62. The van der Waals surface area contributed by atoms with Crippen molar-refractivity contribution < 1.29 is 19.1 Å². The van der Waals surface area contributed by atoms with Gasteiger partial charge in [0.05, 0.1) is 0 Å². The number of carbonyl (C=O) groups is 2. The number of rotatable bonds is 1. The Morgan fingerprint density at radius 2 is 2.12 bits per heavy atom. The van der Waals surface area contributed by atoms with E-state index in [2.05, 4.69) is 0 Å². The summed E-state index contributed by atoms with van der Waals surface area (Å²) in [5.41, 5.74) is 0. The fraction of sp³-hybridized carbons (Fsp3) is 0.182. The van der Waals surface area contributed by atoms with Gasteiger partial charge in [0.15, 0.2) is 0 Å². The van der Waals surface area contributed by atoms with E-state index < -0.39 is 18.1 Å². The molecule has 1 aliphatic heterocycles. The largest absolute Gasteiger partial charge is 0.522 e. The van der Waals surface area contributed by atoms with Gasteiger partial charge >= 0.3 is 6.09 Å². The third-order valence-corrected chi connectivity index (χ3v) is 2.10. The van der Waals surface area contributed by atoms with E-state index >= 15 is 0 Å². The molecule has 1 aliphatic rings. The minimum Gasteiger partial charge on any atom is -0.522 e. The minimum atomic E-state index is -0.763. The highest BCUT2D eigenvalue weighted by atomic mass is 16.6. The summed E-state index contributed by atoms with van der Waals surface area (Å²) in [6.45, 7) is 2.63. The lowest BCUT2D eigenvalue weighted by Gasteiger charge is -2.20. The van der Waals surface area contributed by atoms with Gasteiger partial charge in [-0.25, -0.2) is 4.79 Å². The molecule has 1 heterocycles. The lowest BCUT2D eigenvalue weighted by Crippen LogP contribution is -2.34. The van der Waals surface area contributed by atoms with Gasteiger partial charge < -0.3 is 14.4 Å². The van der Waals surface area contributed by atoms with Crippen molar-refractivity contribution >= 4 is 12.0 Å². The van der Waals surface area contributed by atoms with Gasteiger partial charge in [-0.05, 0) is 19.1 Å². The maximum absolute atomic E-state index is 11.5. The van der Waals surface area contributed by atoms with Crippen molar-refractivity contribution in [1.29, 1.82) is 0 Å². The zero-order chi connectivity index (χ0) is 11.5. The zero-order valence-corrected chi connectivity index (χ0v) is 8.62. The number of amides is 2. The summed E-state index contributed by atoms with van der Waals surface area (Å²) < 4.78 is 9.86. The average Bonchev–Trinajstić information content (AvgIpc) is 2.61. The van der Waals surface area contributed by atoms with Crippen LogP contribution < -0.4 is 4.74 Å². The standard InChI is InChI=1S/C11H10NO4/c1-8-10(13)12(7-15-8)11(14)16-9-5-3-2-4-6-9/h2-8H,1H3/q-1. The molecule has 0 aromatic heterocycles. The molecule has 5 heteroatoms. The Bertz CT molecular complexity index is 404. The quantitative estimate of drug-likeness (QED) is 0.674. The van der Waals surface area contributed by atoms with Crippen molar-refractivity contribution in [2.75, 3.05) is 0 Å². The Labute approximate surface area is 92.6 Å². The fourth-order valence-corrected chi connectivity index (χ4v) is 1.23.